The summed E-state index contributed by atoms with van der Waals surface area (Å²) in [6.07, 6.45) is 3.17. The number of hydrogen-bond donors (Lipinski definition) is 1. The van der Waals surface area contributed by atoms with Crippen molar-refractivity contribution in [3.05, 3.63) is 65.2 Å². The van der Waals surface area contributed by atoms with Crippen LogP contribution < -0.4 is 10.1 Å². The number of carbonyl (C=O) groups excluding carboxylic acids is 1. The molecule has 0 aliphatic carbocycles. The predicted octanol–water partition coefficient (Wildman–Crippen LogP) is 4.00. The van der Waals surface area contributed by atoms with Crippen molar-refractivity contribution >= 4 is 29.3 Å². The number of hydrogen-bond acceptors (Lipinski definition) is 2. The van der Waals surface area contributed by atoms with E-state index in [-0.39, 0.29) is 5.91 Å². The largest absolute Gasteiger partial charge is 0.497 e. The van der Waals surface area contributed by atoms with Crippen molar-refractivity contribution in [3.8, 4) is 5.75 Å². The molecule has 4 heteroatoms. The number of halogens is 1. The van der Waals surface area contributed by atoms with Crippen LogP contribution in [0.5, 0.6) is 5.75 Å². The zero-order valence-corrected chi connectivity index (χ0v) is 11.7. The van der Waals surface area contributed by atoms with E-state index >= 15 is 0 Å². The van der Waals surface area contributed by atoms with E-state index in [1.807, 2.05) is 36.4 Å². The standard InChI is InChI=1S/C16H14ClNO2/c1-20-13-6-4-5-12(11-13)9-10-16(19)18-15-8-3-2-7-14(15)17/h2-11H,1H3,(H,18,19). The molecule has 0 aromatic heterocycles. The summed E-state index contributed by atoms with van der Waals surface area (Å²) in [4.78, 5) is 11.8. The highest BCUT2D eigenvalue weighted by molar-refractivity contribution is 6.33. The normalized spacial score (nSPS) is 10.5. The van der Waals surface area contributed by atoms with Crippen LogP contribution >= 0.6 is 11.6 Å². The lowest BCUT2D eigenvalue weighted by atomic mass is 10.2. The third kappa shape index (κ3) is 3.87. The minimum atomic E-state index is -0.235. The van der Waals surface area contributed by atoms with Gasteiger partial charge in [0.1, 0.15) is 5.75 Å². The first-order chi connectivity index (χ1) is 9.69. The van der Waals surface area contributed by atoms with Crippen molar-refractivity contribution in [2.45, 2.75) is 0 Å². The molecule has 0 aliphatic heterocycles. The van der Waals surface area contributed by atoms with E-state index in [1.54, 1.807) is 25.3 Å². The smallest absolute Gasteiger partial charge is 0.248 e. The van der Waals surface area contributed by atoms with Gasteiger partial charge >= 0.3 is 0 Å². The van der Waals surface area contributed by atoms with Gasteiger partial charge in [-0.3, -0.25) is 4.79 Å². The molecule has 2 rings (SSSR count). The number of nitrogens with one attached hydrogen (secondary N) is 1. The Kier molecular flexibility index (Phi) is 4.80. The SMILES string of the molecule is COc1cccc(C=CC(=O)Nc2ccccc2Cl)c1. The van der Waals surface area contributed by atoms with Crippen LogP contribution in [0.1, 0.15) is 5.56 Å². The Hall–Kier alpha value is -2.26. The first-order valence-corrected chi connectivity index (χ1v) is 6.44. The van der Waals surface area contributed by atoms with Gasteiger partial charge in [-0.05, 0) is 35.9 Å². The number of methoxy groups -OCH3 is 1. The second-order valence-corrected chi connectivity index (χ2v) is 4.49. The minimum absolute atomic E-state index is 0.235. The van der Waals surface area contributed by atoms with Crippen LogP contribution in [-0.2, 0) is 4.79 Å². The fourth-order valence-corrected chi connectivity index (χ4v) is 1.84. The van der Waals surface area contributed by atoms with Gasteiger partial charge in [-0.15, -0.1) is 0 Å². The summed E-state index contributed by atoms with van der Waals surface area (Å²) in [5.74, 6) is 0.514. The fourth-order valence-electron chi connectivity index (χ4n) is 1.65. The second-order valence-electron chi connectivity index (χ2n) is 4.08. The van der Waals surface area contributed by atoms with Gasteiger partial charge in [0.05, 0.1) is 17.8 Å². The van der Waals surface area contributed by atoms with Crippen LogP contribution in [0.4, 0.5) is 5.69 Å². The number of benzene rings is 2. The lowest BCUT2D eigenvalue weighted by molar-refractivity contribution is -0.111. The average Bonchev–Trinajstić information content (AvgIpc) is 2.48. The molecule has 0 unspecified atom stereocenters. The molecule has 1 amide bonds. The van der Waals surface area contributed by atoms with E-state index in [1.165, 1.54) is 6.08 Å². The molecule has 2 aromatic carbocycles. The quantitative estimate of drug-likeness (QED) is 0.863. The van der Waals surface area contributed by atoms with Crippen LogP contribution in [0.15, 0.2) is 54.6 Å². The van der Waals surface area contributed by atoms with Gasteiger partial charge in [0.25, 0.3) is 0 Å². The Balaban J connectivity index is 2.04. The lowest BCUT2D eigenvalue weighted by Gasteiger charge is -2.04. The molecule has 0 aliphatic rings. The zero-order chi connectivity index (χ0) is 14.4. The van der Waals surface area contributed by atoms with Gasteiger partial charge in [0.2, 0.25) is 5.91 Å². The zero-order valence-electron chi connectivity index (χ0n) is 11.0. The van der Waals surface area contributed by atoms with Crippen molar-refractivity contribution in [2.75, 3.05) is 12.4 Å². The van der Waals surface area contributed by atoms with E-state index < -0.39 is 0 Å². The molecule has 102 valence electrons. The Morgan fingerprint density at radius 2 is 2.00 bits per heavy atom. The van der Waals surface area contributed by atoms with Crippen molar-refractivity contribution in [2.24, 2.45) is 0 Å². The Morgan fingerprint density at radius 3 is 2.75 bits per heavy atom. The number of carbonyl (C=O) groups is 1. The monoisotopic (exact) mass is 287 g/mol. The maximum Gasteiger partial charge on any atom is 0.248 e. The molecular formula is C16H14ClNO2. The number of anilines is 1. The molecule has 3 nitrogen and oxygen atoms in total. The molecule has 0 radical (unpaired) electrons. The van der Waals surface area contributed by atoms with E-state index in [4.69, 9.17) is 16.3 Å². The Morgan fingerprint density at radius 1 is 1.20 bits per heavy atom. The number of amides is 1. The first kappa shape index (κ1) is 14.2. The maximum atomic E-state index is 11.8. The van der Waals surface area contributed by atoms with Gasteiger partial charge in [-0.1, -0.05) is 35.9 Å². The summed E-state index contributed by atoms with van der Waals surface area (Å²) in [7, 11) is 1.60. The fraction of sp³-hybridized carbons (Fsp3) is 0.0625. The minimum Gasteiger partial charge on any atom is -0.497 e. The third-order valence-electron chi connectivity index (χ3n) is 2.65. The van der Waals surface area contributed by atoms with Gasteiger partial charge < -0.3 is 10.1 Å². The van der Waals surface area contributed by atoms with Crippen LogP contribution in [0.25, 0.3) is 6.08 Å². The third-order valence-corrected chi connectivity index (χ3v) is 2.98. The molecule has 0 fully saturated rings. The summed E-state index contributed by atoms with van der Waals surface area (Å²) < 4.78 is 5.12. The van der Waals surface area contributed by atoms with Gasteiger partial charge in [-0.25, -0.2) is 0 Å². The maximum absolute atomic E-state index is 11.8. The highest BCUT2D eigenvalue weighted by Crippen LogP contribution is 2.20. The highest BCUT2D eigenvalue weighted by atomic mass is 35.5. The van der Waals surface area contributed by atoms with Gasteiger partial charge in [0, 0.05) is 6.08 Å². The summed E-state index contributed by atoms with van der Waals surface area (Å²) in [5, 5.41) is 3.23. The molecule has 20 heavy (non-hydrogen) atoms. The van der Waals surface area contributed by atoms with Crippen molar-refractivity contribution < 1.29 is 9.53 Å². The van der Waals surface area contributed by atoms with E-state index in [0.717, 1.165) is 11.3 Å². The number of rotatable bonds is 4. The molecule has 0 bridgehead atoms. The van der Waals surface area contributed by atoms with Crippen LogP contribution in [0.2, 0.25) is 5.02 Å². The molecule has 0 heterocycles. The molecule has 1 N–H and O–H groups in total. The van der Waals surface area contributed by atoms with Crippen molar-refractivity contribution in [1.29, 1.82) is 0 Å². The van der Waals surface area contributed by atoms with Crippen LogP contribution in [0, 0.1) is 0 Å². The van der Waals surface area contributed by atoms with Crippen LogP contribution in [0.3, 0.4) is 0 Å². The van der Waals surface area contributed by atoms with E-state index in [0.29, 0.717) is 10.7 Å². The topological polar surface area (TPSA) is 38.3 Å². The molecule has 0 saturated heterocycles. The summed E-state index contributed by atoms with van der Waals surface area (Å²) in [5.41, 5.74) is 1.48. The Bertz CT molecular complexity index is 638. The summed E-state index contributed by atoms with van der Waals surface area (Å²) in [6.45, 7) is 0. The van der Waals surface area contributed by atoms with Gasteiger partial charge in [-0.2, -0.15) is 0 Å². The van der Waals surface area contributed by atoms with Crippen LogP contribution in [-0.4, -0.2) is 13.0 Å². The summed E-state index contributed by atoms with van der Waals surface area (Å²) in [6, 6.07) is 14.5. The molecule has 2 aromatic rings. The summed E-state index contributed by atoms with van der Waals surface area (Å²) >= 11 is 5.97. The highest BCUT2D eigenvalue weighted by Gasteiger charge is 2.01. The van der Waals surface area contributed by atoms with E-state index in [2.05, 4.69) is 5.32 Å². The van der Waals surface area contributed by atoms with Crippen molar-refractivity contribution in [3.63, 3.8) is 0 Å². The predicted molar refractivity (Wildman–Crippen MR) is 82.1 cm³/mol. The van der Waals surface area contributed by atoms with E-state index in [9.17, 15) is 4.79 Å². The molecule has 0 spiro atoms. The molecular weight excluding hydrogens is 274 g/mol. The second kappa shape index (κ2) is 6.78. The lowest BCUT2D eigenvalue weighted by Crippen LogP contribution is -2.07. The van der Waals surface area contributed by atoms with Crippen molar-refractivity contribution in [1.82, 2.24) is 0 Å². The first-order valence-electron chi connectivity index (χ1n) is 6.06. The molecule has 0 atom stereocenters. The number of para-hydroxylation sites is 1. The average molecular weight is 288 g/mol. The molecule has 0 saturated carbocycles. The van der Waals surface area contributed by atoms with Gasteiger partial charge in [0.15, 0.2) is 0 Å². The number of ether oxygens (including phenoxy) is 1. The Labute approximate surface area is 122 Å².